The van der Waals surface area contributed by atoms with Gasteiger partial charge in [-0.05, 0) is 96.8 Å². The minimum absolute atomic E-state index is 0.333. The molecule has 0 spiro atoms. The Morgan fingerprint density at radius 2 is 1.76 bits per heavy atom. The van der Waals surface area contributed by atoms with Crippen LogP contribution in [-0.2, 0) is 6.54 Å². The third-order valence-electron chi connectivity index (χ3n) is 6.61. The highest BCUT2D eigenvalue weighted by atomic mass is 32.1. The number of thiophene rings is 2. The third kappa shape index (κ3) is 3.70. The Hall–Kier alpha value is -1.88. The second-order valence-electron chi connectivity index (χ2n) is 8.45. The maximum Gasteiger partial charge on any atom is 0.115 e. The molecule has 4 heteroatoms. The van der Waals surface area contributed by atoms with Crippen molar-refractivity contribution in [1.29, 1.82) is 0 Å². The molecule has 0 saturated carbocycles. The predicted molar refractivity (Wildman–Crippen MR) is 124 cm³/mol. The van der Waals surface area contributed by atoms with Gasteiger partial charge in [-0.3, -0.25) is 4.90 Å². The summed E-state index contributed by atoms with van der Waals surface area (Å²) in [6.07, 6.45) is 4.94. The Labute approximate surface area is 181 Å². The molecule has 3 aromatic rings. The molecule has 2 fully saturated rings. The number of hydrogen-bond donors (Lipinski definition) is 1. The quantitative estimate of drug-likeness (QED) is 0.503. The molecule has 4 heterocycles. The minimum atomic E-state index is 0.333. The number of benzene rings is 1. The molecule has 2 aliphatic rings. The van der Waals surface area contributed by atoms with Crippen molar-refractivity contribution in [2.45, 2.75) is 58.2 Å². The second-order valence-corrected chi connectivity index (χ2v) is 10.6. The summed E-state index contributed by atoms with van der Waals surface area (Å²) in [5.74, 6) is 0.333. The Kier molecular flexibility index (Phi) is 5.10. The predicted octanol–water partition coefficient (Wildman–Crippen LogP) is 6.76. The molecule has 2 bridgehead atoms. The average Bonchev–Trinajstić information content (AvgIpc) is 3.38. The molecule has 2 atom stereocenters. The van der Waals surface area contributed by atoms with Crippen LogP contribution in [0.5, 0.6) is 5.75 Å². The zero-order chi connectivity index (χ0) is 20.0. The molecular weight excluding hydrogens is 394 g/mol. The first kappa shape index (κ1) is 19.1. The monoisotopic (exact) mass is 421 g/mol. The number of rotatable bonds is 4. The summed E-state index contributed by atoms with van der Waals surface area (Å²) in [6, 6.07) is 13.7. The molecule has 5 rings (SSSR count). The van der Waals surface area contributed by atoms with Crippen molar-refractivity contribution in [3.63, 3.8) is 0 Å². The van der Waals surface area contributed by atoms with Gasteiger partial charge in [0.2, 0.25) is 0 Å². The number of hydrogen-bond acceptors (Lipinski definition) is 4. The molecule has 1 N–H and O–H groups in total. The highest BCUT2D eigenvalue weighted by Gasteiger charge is 2.39. The van der Waals surface area contributed by atoms with E-state index in [0.29, 0.717) is 17.8 Å². The van der Waals surface area contributed by atoms with E-state index in [0.717, 1.165) is 19.4 Å². The fraction of sp³-hybridized carbons (Fsp3) is 0.360. The summed E-state index contributed by atoms with van der Waals surface area (Å²) < 4.78 is 0. The lowest BCUT2D eigenvalue weighted by Gasteiger charge is -2.37. The molecule has 2 unspecified atom stereocenters. The van der Waals surface area contributed by atoms with Gasteiger partial charge in [-0.15, -0.1) is 11.3 Å². The Balaban J connectivity index is 1.47. The lowest BCUT2D eigenvalue weighted by molar-refractivity contribution is 0.159. The van der Waals surface area contributed by atoms with Crippen molar-refractivity contribution in [3.05, 3.63) is 79.2 Å². The average molecular weight is 422 g/mol. The van der Waals surface area contributed by atoms with E-state index in [2.05, 4.69) is 53.8 Å². The van der Waals surface area contributed by atoms with E-state index in [1.54, 1.807) is 16.9 Å². The largest absolute Gasteiger partial charge is 0.508 e. The lowest BCUT2D eigenvalue weighted by atomic mass is 9.86. The van der Waals surface area contributed by atoms with E-state index >= 15 is 0 Å². The van der Waals surface area contributed by atoms with Crippen LogP contribution in [-0.4, -0.2) is 22.1 Å². The van der Waals surface area contributed by atoms with Gasteiger partial charge in [0, 0.05) is 28.4 Å². The van der Waals surface area contributed by atoms with Crippen molar-refractivity contribution >= 4 is 28.2 Å². The van der Waals surface area contributed by atoms with Gasteiger partial charge in [-0.1, -0.05) is 17.7 Å². The molecule has 0 radical (unpaired) electrons. The number of phenolic OH excluding ortho intramolecular Hbond substituents is 1. The number of aromatic hydroxyl groups is 1. The normalized spacial score (nSPS) is 21.7. The fourth-order valence-corrected chi connectivity index (χ4v) is 6.79. The van der Waals surface area contributed by atoms with E-state index in [4.69, 9.17) is 0 Å². The summed E-state index contributed by atoms with van der Waals surface area (Å²) in [5, 5.41) is 14.2. The van der Waals surface area contributed by atoms with Crippen molar-refractivity contribution in [1.82, 2.24) is 4.90 Å². The van der Waals surface area contributed by atoms with Gasteiger partial charge >= 0.3 is 0 Å². The first-order chi connectivity index (χ1) is 14.1. The Morgan fingerprint density at radius 1 is 1.03 bits per heavy atom. The van der Waals surface area contributed by atoms with Gasteiger partial charge in [0.1, 0.15) is 5.75 Å². The van der Waals surface area contributed by atoms with E-state index in [1.165, 1.54) is 44.9 Å². The van der Waals surface area contributed by atoms with Crippen LogP contribution < -0.4 is 0 Å². The van der Waals surface area contributed by atoms with Crippen LogP contribution in [0.4, 0.5) is 0 Å². The molecule has 1 aromatic carbocycles. The van der Waals surface area contributed by atoms with Crippen molar-refractivity contribution in [3.8, 4) is 5.75 Å². The van der Waals surface area contributed by atoms with Crippen molar-refractivity contribution < 1.29 is 5.11 Å². The highest BCUT2D eigenvalue weighted by molar-refractivity contribution is 7.12. The molecule has 150 valence electrons. The zero-order valence-electron chi connectivity index (χ0n) is 17.0. The maximum atomic E-state index is 9.75. The number of aryl methyl sites for hydroxylation is 2. The summed E-state index contributed by atoms with van der Waals surface area (Å²) in [6.45, 7) is 5.57. The van der Waals surface area contributed by atoms with E-state index in [1.807, 2.05) is 23.5 Å². The molecule has 0 amide bonds. The smallest absolute Gasteiger partial charge is 0.115 e. The lowest BCUT2D eigenvalue weighted by Crippen LogP contribution is -2.39. The van der Waals surface area contributed by atoms with Crippen LogP contribution in [0.2, 0.25) is 0 Å². The maximum absolute atomic E-state index is 9.75. The van der Waals surface area contributed by atoms with Gasteiger partial charge in [0.25, 0.3) is 0 Å². The summed E-state index contributed by atoms with van der Waals surface area (Å²) in [7, 11) is 0. The number of fused-ring (bicyclic) bond motifs is 2. The van der Waals surface area contributed by atoms with E-state index in [-0.39, 0.29) is 0 Å². The Bertz CT molecular complexity index is 994. The van der Waals surface area contributed by atoms with Crippen LogP contribution in [0.15, 0.2) is 52.7 Å². The highest BCUT2D eigenvalue weighted by Crippen LogP contribution is 2.44. The number of nitrogens with zero attached hydrogens (tertiary/aromatic N) is 1. The van der Waals surface area contributed by atoms with Crippen molar-refractivity contribution in [2.24, 2.45) is 0 Å². The standard InChI is InChI=1S/C25H27NOS2/c1-16-11-24(29-17(16)2)14-26-21-5-6-22(26)13-20(12-21)25(19-9-10-28-15-19)18-3-7-23(27)8-4-18/h3-4,7-11,15,21-22,27H,5-6,12-14H2,1-2H3. The van der Waals surface area contributed by atoms with Crippen LogP contribution in [0.1, 0.15) is 52.1 Å². The molecule has 29 heavy (non-hydrogen) atoms. The van der Waals surface area contributed by atoms with Crippen LogP contribution in [0.3, 0.4) is 0 Å². The second kappa shape index (κ2) is 7.75. The van der Waals surface area contributed by atoms with Gasteiger partial charge < -0.3 is 5.11 Å². The topological polar surface area (TPSA) is 23.5 Å². The van der Waals surface area contributed by atoms with Gasteiger partial charge in [-0.25, -0.2) is 0 Å². The fourth-order valence-electron chi connectivity index (χ4n) is 5.09. The summed E-state index contributed by atoms with van der Waals surface area (Å²) in [5.41, 5.74) is 6.98. The van der Waals surface area contributed by atoms with Crippen LogP contribution >= 0.6 is 22.7 Å². The Morgan fingerprint density at radius 3 is 2.34 bits per heavy atom. The number of phenols is 1. The van der Waals surface area contributed by atoms with Gasteiger partial charge in [0.15, 0.2) is 0 Å². The first-order valence-electron chi connectivity index (χ1n) is 10.4. The van der Waals surface area contributed by atoms with Crippen molar-refractivity contribution in [2.75, 3.05) is 0 Å². The first-order valence-corrected chi connectivity index (χ1v) is 12.2. The SMILES string of the molecule is Cc1cc(CN2C3CCC2CC(=C(c2ccc(O)cc2)c2ccsc2)C3)sc1C. The zero-order valence-corrected chi connectivity index (χ0v) is 18.7. The number of piperidine rings is 1. The molecule has 2 saturated heterocycles. The molecular formula is C25H27NOS2. The van der Waals surface area contributed by atoms with Crippen LogP contribution in [0, 0.1) is 13.8 Å². The third-order valence-corrected chi connectivity index (χ3v) is 8.43. The molecule has 0 aliphatic carbocycles. The van der Waals surface area contributed by atoms with E-state index in [9.17, 15) is 5.11 Å². The molecule has 2 aromatic heterocycles. The van der Waals surface area contributed by atoms with E-state index < -0.39 is 0 Å². The molecule has 2 aliphatic heterocycles. The minimum Gasteiger partial charge on any atom is -0.508 e. The van der Waals surface area contributed by atoms with Gasteiger partial charge in [0.05, 0.1) is 0 Å². The summed E-state index contributed by atoms with van der Waals surface area (Å²) >= 11 is 3.73. The summed E-state index contributed by atoms with van der Waals surface area (Å²) in [4.78, 5) is 5.74. The van der Waals surface area contributed by atoms with Crippen LogP contribution in [0.25, 0.3) is 5.57 Å². The molecule has 2 nitrogen and oxygen atoms in total. The van der Waals surface area contributed by atoms with Gasteiger partial charge in [-0.2, -0.15) is 11.3 Å².